The summed E-state index contributed by atoms with van der Waals surface area (Å²) >= 11 is 0. The fourth-order valence-corrected chi connectivity index (χ4v) is 3.22. The molecule has 98 valence electrons. The first kappa shape index (κ1) is 12.8. The topological polar surface area (TPSA) is 64.6 Å². The number of carboxylic acid groups (broad SMARTS) is 1. The van der Waals surface area contributed by atoms with Crippen molar-refractivity contribution in [1.82, 2.24) is 15.5 Å². The second-order valence-electron chi connectivity index (χ2n) is 5.17. The maximum absolute atomic E-state index is 11.0. The highest BCUT2D eigenvalue weighted by atomic mass is 16.4. The lowest BCUT2D eigenvalue weighted by Crippen LogP contribution is -2.72. The third-order valence-electron chi connectivity index (χ3n) is 4.09. The van der Waals surface area contributed by atoms with Crippen LogP contribution in [-0.4, -0.2) is 60.3 Å². The van der Waals surface area contributed by atoms with Crippen LogP contribution >= 0.6 is 0 Å². The van der Waals surface area contributed by atoms with Crippen molar-refractivity contribution in [3.8, 4) is 0 Å². The Bertz CT molecular complexity index is 273. The number of hydrogen-bond acceptors (Lipinski definition) is 4. The predicted octanol–water partition coefficient (Wildman–Crippen LogP) is -0.123. The van der Waals surface area contributed by atoms with Crippen LogP contribution in [0.25, 0.3) is 0 Å². The molecule has 2 saturated heterocycles. The average molecular weight is 241 g/mol. The van der Waals surface area contributed by atoms with E-state index in [0.29, 0.717) is 6.04 Å². The van der Waals surface area contributed by atoms with Gasteiger partial charge in [0.1, 0.15) is 0 Å². The molecule has 0 aromatic heterocycles. The molecule has 5 nitrogen and oxygen atoms in total. The van der Waals surface area contributed by atoms with Gasteiger partial charge in [-0.3, -0.25) is 9.69 Å². The van der Waals surface area contributed by atoms with Gasteiger partial charge in [0.15, 0.2) is 0 Å². The second-order valence-corrected chi connectivity index (χ2v) is 5.17. The lowest BCUT2D eigenvalue weighted by molar-refractivity contribution is -0.142. The number of rotatable bonds is 5. The molecule has 0 aliphatic carbocycles. The van der Waals surface area contributed by atoms with E-state index in [1.54, 1.807) is 0 Å². The Kier molecular flexibility index (Phi) is 4.01. The Hall–Kier alpha value is -0.650. The van der Waals surface area contributed by atoms with Gasteiger partial charge in [0.25, 0.3) is 0 Å². The summed E-state index contributed by atoms with van der Waals surface area (Å²) in [5.41, 5.74) is -0.136. The predicted molar refractivity (Wildman–Crippen MR) is 66.1 cm³/mol. The fourth-order valence-electron chi connectivity index (χ4n) is 3.22. The van der Waals surface area contributed by atoms with E-state index >= 15 is 0 Å². The van der Waals surface area contributed by atoms with Crippen molar-refractivity contribution < 1.29 is 9.90 Å². The summed E-state index contributed by atoms with van der Waals surface area (Å²) in [5, 5.41) is 15.7. The average Bonchev–Trinajstić information content (AvgIpc) is 2.27. The molecule has 0 radical (unpaired) electrons. The zero-order valence-corrected chi connectivity index (χ0v) is 10.5. The van der Waals surface area contributed by atoms with Crippen LogP contribution in [0.1, 0.15) is 26.2 Å². The molecule has 0 atom stereocenters. The summed E-state index contributed by atoms with van der Waals surface area (Å²) in [6.45, 7) is 6.83. The Morgan fingerprint density at radius 1 is 1.35 bits per heavy atom. The van der Waals surface area contributed by atoms with Crippen LogP contribution in [-0.2, 0) is 4.79 Å². The minimum atomic E-state index is -0.682. The minimum Gasteiger partial charge on any atom is -0.481 e. The second kappa shape index (κ2) is 5.33. The van der Waals surface area contributed by atoms with Crippen LogP contribution in [0, 0.1) is 0 Å². The van der Waals surface area contributed by atoms with Crippen LogP contribution in [0.15, 0.2) is 0 Å². The molecule has 0 unspecified atom stereocenters. The first-order valence-corrected chi connectivity index (χ1v) is 6.58. The molecule has 0 aromatic carbocycles. The zero-order valence-electron chi connectivity index (χ0n) is 10.5. The third-order valence-corrected chi connectivity index (χ3v) is 4.09. The van der Waals surface area contributed by atoms with Gasteiger partial charge in [-0.2, -0.15) is 0 Å². The molecule has 2 heterocycles. The van der Waals surface area contributed by atoms with Gasteiger partial charge in [-0.25, -0.2) is 0 Å². The Morgan fingerprint density at radius 3 is 2.41 bits per heavy atom. The normalized spacial score (nSPS) is 24.6. The monoisotopic (exact) mass is 241 g/mol. The standard InChI is InChI=1S/C12H23N3O2/c1-2-15(10-3-5-13-6-4-10)12(7-11(16)17)8-14-9-12/h10,13-14H,2-9H2,1H3,(H,16,17). The molecular formula is C12H23N3O2. The SMILES string of the molecule is CCN(C1CCNCC1)C1(CC(=O)O)CNC1. The molecular weight excluding hydrogens is 218 g/mol. The molecule has 0 spiro atoms. The largest absolute Gasteiger partial charge is 0.481 e. The van der Waals surface area contributed by atoms with Crippen molar-refractivity contribution in [3.63, 3.8) is 0 Å². The molecule has 3 N–H and O–H groups in total. The number of aliphatic carboxylic acids is 1. The summed E-state index contributed by atoms with van der Waals surface area (Å²) in [5.74, 6) is -0.682. The van der Waals surface area contributed by atoms with Crippen molar-refractivity contribution in [3.05, 3.63) is 0 Å². The molecule has 0 bridgehead atoms. The number of carboxylic acids is 1. The summed E-state index contributed by atoms with van der Waals surface area (Å²) in [4.78, 5) is 13.5. The number of hydrogen-bond donors (Lipinski definition) is 3. The van der Waals surface area contributed by atoms with Gasteiger partial charge in [0.2, 0.25) is 0 Å². The van der Waals surface area contributed by atoms with Gasteiger partial charge < -0.3 is 15.7 Å². The third kappa shape index (κ3) is 2.61. The van der Waals surface area contributed by atoms with E-state index in [2.05, 4.69) is 22.5 Å². The number of carbonyl (C=O) groups is 1. The van der Waals surface area contributed by atoms with E-state index in [1.807, 2.05) is 0 Å². The molecule has 2 aliphatic rings. The molecule has 17 heavy (non-hydrogen) atoms. The van der Waals surface area contributed by atoms with Crippen LogP contribution in [0.3, 0.4) is 0 Å². The van der Waals surface area contributed by atoms with Crippen molar-refractivity contribution in [2.75, 3.05) is 32.7 Å². The maximum atomic E-state index is 11.0. The number of nitrogens with zero attached hydrogens (tertiary/aromatic N) is 1. The van der Waals surface area contributed by atoms with Gasteiger partial charge in [-0.05, 0) is 32.5 Å². The highest BCUT2D eigenvalue weighted by Gasteiger charge is 2.46. The van der Waals surface area contributed by atoms with E-state index in [0.717, 1.165) is 45.6 Å². The Morgan fingerprint density at radius 2 is 2.00 bits per heavy atom. The van der Waals surface area contributed by atoms with Crippen LogP contribution in [0.5, 0.6) is 0 Å². The summed E-state index contributed by atoms with van der Waals surface area (Å²) < 4.78 is 0. The summed E-state index contributed by atoms with van der Waals surface area (Å²) in [7, 11) is 0. The van der Waals surface area contributed by atoms with Crippen LogP contribution in [0.4, 0.5) is 0 Å². The van der Waals surface area contributed by atoms with E-state index in [-0.39, 0.29) is 12.0 Å². The van der Waals surface area contributed by atoms with Crippen molar-refractivity contribution in [2.45, 2.75) is 37.8 Å². The molecule has 2 aliphatic heterocycles. The number of likely N-dealkylation sites (N-methyl/N-ethyl adjacent to an activating group) is 1. The van der Waals surface area contributed by atoms with Crippen molar-refractivity contribution >= 4 is 5.97 Å². The molecule has 0 saturated carbocycles. The molecule has 0 aromatic rings. The molecule has 5 heteroatoms. The van der Waals surface area contributed by atoms with Gasteiger partial charge in [-0.1, -0.05) is 6.92 Å². The van der Waals surface area contributed by atoms with Crippen LogP contribution < -0.4 is 10.6 Å². The highest BCUT2D eigenvalue weighted by Crippen LogP contribution is 2.29. The van der Waals surface area contributed by atoms with Gasteiger partial charge in [-0.15, -0.1) is 0 Å². The fraction of sp³-hybridized carbons (Fsp3) is 0.917. The Labute approximate surface area is 103 Å². The maximum Gasteiger partial charge on any atom is 0.305 e. The van der Waals surface area contributed by atoms with Gasteiger partial charge >= 0.3 is 5.97 Å². The Balaban J connectivity index is 2.06. The van der Waals surface area contributed by atoms with Crippen LogP contribution in [0.2, 0.25) is 0 Å². The summed E-state index contributed by atoms with van der Waals surface area (Å²) in [6.07, 6.45) is 2.53. The van der Waals surface area contributed by atoms with E-state index in [9.17, 15) is 4.79 Å². The first-order valence-electron chi connectivity index (χ1n) is 6.58. The molecule has 0 amide bonds. The molecule has 2 fully saturated rings. The van der Waals surface area contributed by atoms with Crippen molar-refractivity contribution in [2.24, 2.45) is 0 Å². The zero-order chi connectivity index (χ0) is 12.3. The van der Waals surface area contributed by atoms with Gasteiger partial charge in [0.05, 0.1) is 12.0 Å². The quantitative estimate of drug-likeness (QED) is 0.626. The van der Waals surface area contributed by atoms with E-state index in [1.165, 1.54) is 0 Å². The highest BCUT2D eigenvalue weighted by molar-refractivity contribution is 5.69. The smallest absolute Gasteiger partial charge is 0.305 e. The first-order chi connectivity index (χ1) is 8.18. The molecule has 2 rings (SSSR count). The number of nitrogens with one attached hydrogen (secondary N) is 2. The van der Waals surface area contributed by atoms with E-state index < -0.39 is 5.97 Å². The minimum absolute atomic E-state index is 0.136. The lowest BCUT2D eigenvalue weighted by Gasteiger charge is -2.53. The summed E-state index contributed by atoms with van der Waals surface area (Å²) in [6, 6.07) is 0.544. The van der Waals surface area contributed by atoms with E-state index in [4.69, 9.17) is 5.11 Å². The number of piperidine rings is 1. The van der Waals surface area contributed by atoms with Gasteiger partial charge in [0, 0.05) is 19.1 Å². The lowest BCUT2D eigenvalue weighted by atomic mass is 9.83. The van der Waals surface area contributed by atoms with Crippen molar-refractivity contribution in [1.29, 1.82) is 0 Å².